The molecule has 96 valence electrons. The van der Waals surface area contributed by atoms with E-state index < -0.39 is 0 Å². The quantitative estimate of drug-likeness (QED) is 0.736. The number of furan rings is 1. The smallest absolute Gasteiger partial charge is 0.117 e. The van der Waals surface area contributed by atoms with E-state index >= 15 is 0 Å². The lowest BCUT2D eigenvalue weighted by Crippen LogP contribution is -2.17. The first-order valence-corrected chi connectivity index (χ1v) is 6.40. The Morgan fingerprint density at radius 1 is 1.11 bits per heavy atom. The molecule has 3 N–H and O–H groups in total. The van der Waals surface area contributed by atoms with E-state index in [1.54, 1.807) is 6.26 Å². The van der Waals surface area contributed by atoms with Gasteiger partial charge < -0.3 is 15.5 Å². The molecule has 1 aromatic heterocycles. The molecular weight excluding hydrogens is 224 g/mol. The molecule has 18 heavy (non-hydrogen) atoms. The van der Waals surface area contributed by atoms with Crippen LogP contribution in [0.2, 0.25) is 0 Å². The fraction of sp³-hybridized carbons (Fsp3) is 0.333. The Bertz CT molecular complexity index is 425. The van der Waals surface area contributed by atoms with Gasteiger partial charge in [-0.15, -0.1) is 0 Å². The number of nitrogens with one attached hydrogen (secondary N) is 1. The Balaban J connectivity index is 1.61. The zero-order valence-electron chi connectivity index (χ0n) is 10.5. The molecule has 2 rings (SSSR count). The van der Waals surface area contributed by atoms with Crippen LogP contribution in [0.1, 0.15) is 30.2 Å². The molecule has 2 aromatic rings. The standard InChI is InChI=1S/C15H20N2O/c16-15(13-6-2-1-3-7-13)9-4-10-17-12-14-8-5-11-18-14/h1-3,5-8,11,15,17H,4,9-10,12,16H2. The van der Waals surface area contributed by atoms with Gasteiger partial charge in [0.15, 0.2) is 0 Å². The zero-order valence-corrected chi connectivity index (χ0v) is 10.5. The summed E-state index contributed by atoms with van der Waals surface area (Å²) < 4.78 is 5.24. The maximum atomic E-state index is 6.13. The van der Waals surface area contributed by atoms with Gasteiger partial charge in [-0.25, -0.2) is 0 Å². The van der Waals surface area contributed by atoms with Crippen molar-refractivity contribution in [2.75, 3.05) is 6.54 Å². The molecule has 0 spiro atoms. The van der Waals surface area contributed by atoms with Gasteiger partial charge in [-0.3, -0.25) is 0 Å². The fourth-order valence-electron chi connectivity index (χ4n) is 1.94. The summed E-state index contributed by atoms with van der Waals surface area (Å²) >= 11 is 0. The third-order valence-corrected chi connectivity index (χ3v) is 2.98. The lowest BCUT2D eigenvalue weighted by molar-refractivity contribution is 0.475. The van der Waals surface area contributed by atoms with Crippen molar-refractivity contribution in [3.05, 3.63) is 60.1 Å². The van der Waals surface area contributed by atoms with E-state index in [9.17, 15) is 0 Å². The van der Waals surface area contributed by atoms with Crippen LogP contribution in [-0.4, -0.2) is 6.54 Å². The van der Waals surface area contributed by atoms with Crippen molar-refractivity contribution in [3.8, 4) is 0 Å². The predicted molar refractivity (Wildman–Crippen MR) is 73.0 cm³/mol. The molecule has 0 aliphatic rings. The van der Waals surface area contributed by atoms with Crippen LogP contribution in [0, 0.1) is 0 Å². The monoisotopic (exact) mass is 244 g/mol. The molecule has 1 unspecified atom stereocenters. The minimum atomic E-state index is 0.136. The van der Waals surface area contributed by atoms with Gasteiger partial charge in [0.05, 0.1) is 12.8 Å². The summed E-state index contributed by atoms with van der Waals surface area (Å²) in [5.41, 5.74) is 7.34. The van der Waals surface area contributed by atoms with Crippen molar-refractivity contribution in [3.63, 3.8) is 0 Å². The minimum Gasteiger partial charge on any atom is -0.468 e. The first-order chi connectivity index (χ1) is 8.86. The molecule has 0 aliphatic carbocycles. The van der Waals surface area contributed by atoms with E-state index in [-0.39, 0.29) is 6.04 Å². The summed E-state index contributed by atoms with van der Waals surface area (Å²) in [7, 11) is 0. The molecule has 0 bridgehead atoms. The third kappa shape index (κ3) is 4.02. The van der Waals surface area contributed by atoms with Gasteiger partial charge >= 0.3 is 0 Å². The lowest BCUT2D eigenvalue weighted by Gasteiger charge is -2.11. The van der Waals surface area contributed by atoms with E-state index in [4.69, 9.17) is 10.2 Å². The molecule has 0 amide bonds. The second-order valence-electron chi connectivity index (χ2n) is 4.42. The molecule has 0 radical (unpaired) electrons. The van der Waals surface area contributed by atoms with E-state index in [1.165, 1.54) is 5.56 Å². The Kier molecular flexibility index (Phi) is 5.00. The van der Waals surface area contributed by atoms with Gasteiger partial charge in [0.2, 0.25) is 0 Å². The van der Waals surface area contributed by atoms with Gasteiger partial charge in [-0.05, 0) is 37.1 Å². The van der Waals surface area contributed by atoms with Crippen LogP contribution in [0.3, 0.4) is 0 Å². The van der Waals surface area contributed by atoms with Crippen LogP contribution < -0.4 is 11.1 Å². The van der Waals surface area contributed by atoms with Crippen LogP contribution in [0.25, 0.3) is 0 Å². The van der Waals surface area contributed by atoms with Crippen LogP contribution >= 0.6 is 0 Å². The maximum absolute atomic E-state index is 6.13. The van der Waals surface area contributed by atoms with Crippen LogP contribution in [0.4, 0.5) is 0 Å². The summed E-state index contributed by atoms with van der Waals surface area (Å²) in [5, 5.41) is 3.35. The number of hydrogen-bond acceptors (Lipinski definition) is 3. The summed E-state index contributed by atoms with van der Waals surface area (Å²) in [4.78, 5) is 0. The first kappa shape index (κ1) is 12.9. The van der Waals surface area contributed by atoms with E-state index in [2.05, 4.69) is 17.4 Å². The average molecular weight is 244 g/mol. The van der Waals surface area contributed by atoms with Crippen molar-refractivity contribution in [2.45, 2.75) is 25.4 Å². The predicted octanol–water partition coefficient (Wildman–Crippen LogP) is 2.85. The average Bonchev–Trinajstić information content (AvgIpc) is 2.92. The van der Waals surface area contributed by atoms with Crippen LogP contribution in [0.15, 0.2) is 53.1 Å². The maximum Gasteiger partial charge on any atom is 0.117 e. The van der Waals surface area contributed by atoms with Crippen molar-refractivity contribution in [1.29, 1.82) is 0 Å². The molecule has 1 atom stereocenters. The minimum absolute atomic E-state index is 0.136. The van der Waals surface area contributed by atoms with Crippen LogP contribution in [-0.2, 0) is 6.54 Å². The molecular formula is C15H20N2O. The lowest BCUT2D eigenvalue weighted by atomic mass is 10.0. The number of hydrogen-bond donors (Lipinski definition) is 2. The second-order valence-corrected chi connectivity index (χ2v) is 4.42. The van der Waals surface area contributed by atoms with Crippen molar-refractivity contribution in [2.24, 2.45) is 5.73 Å². The number of benzene rings is 1. The Labute approximate surface area is 108 Å². The highest BCUT2D eigenvalue weighted by atomic mass is 16.3. The molecule has 1 aromatic carbocycles. The molecule has 0 saturated heterocycles. The molecule has 0 saturated carbocycles. The van der Waals surface area contributed by atoms with Crippen molar-refractivity contribution in [1.82, 2.24) is 5.32 Å². The number of rotatable bonds is 7. The third-order valence-electron chi connectivity index (χ3n) is 2.98. The Hall–Kier alpha value is -1.58. The van der Waals surface area contributed by atoms with Gasteiger partial charge in [0, 0.05) is 6.04 Å². The second kappa shape index (κ2) is 6.99. The molecule has 0 aliphatic heterocycles. The van der Waals surface area contributed by atoms with Gasteiger partial charge in [-0.2, -0.15) is 0 Å². The van der Waals surface area contributed by atoms with Crippen molar-refractivity contribution >= 4 is 0 Å². The Morgan fingerprint density at radius 2 is 1.94 bits per heavy atom. The van der Waals surface area contributed by atoms with Gasteiger partial charge in [0.1, 0.15) is 5.76 Å². The van der Waals surface area contributed by atoms with E-state index in [1.807, 2.05) is 30.3 Å². The van der Waals surface area contributed by atoms with E-state index in [0.717, 1.165) is 31.7 Å². The van der Waals surface area contributed by atoms with Crippen molar-refractivity contribution < 1.29 is 4.42 Å². The first-order valence-electron chi connectivity index (χ1n) is 6.40. The molecule has 1 heterocycles. The largest absolute Gasteiger partial charge is 0.468 e. The van der Waals surface area contributed by atoms with Gasteiger partial charge in [-0.1, -0.05) is 30.3 Å². The molecule has 3 nitrogen and oxygen atoms in total. The zero-order chi connectivity index (χ0) is 12.6. The fourth-order valence-corrected chi connectivity index (χ4v) is 1.94. The SMILES string of the molecule is NC(CCCNCc1ccco1)c1ccccc1. The highest BCUT2D eigenvalue weighted by Gasteiger charge is 2.04. The van der Waals surface area contributed by atoms with Gasteiger partial charge in [0.25, 0.3) is 0 Å². The summed E-state index contributed by atoms with van der Waals surface area (Å²) in [5.74, 6) is 0.974. The Morgan fingerprint density at radius 3 is 2.67 bits per heavy atom. The highest BCUT2D eigenvalue weighted by molar-refractivity contribution is 5.18. The summed E-state index contributed by atoms with van der Waals surface area (Å²) in [6, 6.07) is 14.3. The number of nitrogens with two attached hydrogens (primary N) is 1. The topological polar surface area (TPSA) is 51.2 Å². The normalized spacial score (nSPS) is 12.5. The molecule has 3 heteroatoms. The highest BCUT2D eigenvalue weighted by Crippen LogP contribution is 2.14. The van der Waals surface area contributed by atoms with E-state index in [0.29, 0.717) is 0 Å². The summed E-state index contributed by atoms with van der Waals surface area (Å²) in [6.45, 7) is 1.74. The molecule has 0 fully saturated rings. The van der Waals surface area contributed by atoms with Crippen LogP contribution in [0.5, 0.6) is 0 Å². The summed E-state index contributed by atoms with van der Waals surface area (Å²) in [6.07, 6.45) is 3.76.